The van der Waals surface area contributed by atoms with E-state index in [9.17, 15) is 0 Å². The number of aryl methyl sites for hydroxylation is 1. The van der Waals surface area contributed by atoms with E-state index in [2.05, 4.69) is 24.6 Å². The highest BCUT2D eigenvalue weighted by molar-refractivity contribution is 6.35. The van der Waals surface area contributed by atoms with Gasteiger partial charge in [-0.25, -0.2) is 0 Å². The summed E-state index contributed by atoms with van der Waals surface area (Å²) in [6.45, 7) is 2.77. The third-order valence-electron chi connectivity index (χ3n) is 2.99. The number of rotatable bonds is 2. The lowest BCUT2D eigenvalue weighted by Gasteiger charge is -2.00. The first-order chi connectivity index (χ1) is 7.16. The van der Waals surface area contributed by atoms with Crippen LogP contribution in [-0.2, 0) is 13.5 Å². The Balaban J connectivity index is 2.82. The van der Waals surface area contributed by atoms with E-state index in [1.165, 1.54) is 16.8 Å². The predicted molar refractivity (Wildman–Crippen MR) is 65.4 cm³/mol. The lowest BCUT2D eigenvalue weighted by Crippen LogP contribution is -2.04. The molecule has 1 aromatic carbocycles. The summed E-state index contributed by atoms with van der Waals surface area (Å²) in [4.78, 5) is 0. The van der Waals surface area contributed by atoms with E-state index in [0.717, 1.165) is 16.8 Å². The molecule has 2 aromatic rings. The van der Waals surface area contributed by atoms with Crippen molar-refractivity contribution in [2.45, 2.75) is 13.3 Å². The number of aromatic nitrogens is 1. The van der Waals surface area contributed by atoms with Gasteiger partial charge in [0.2, 0.25) is 0 Å². The van der Waals surface area contributed by atoms with Crippen LogP contribution in [0.5, 0.6) is 0 Å². The molecule has 0 aliphatic carbocycles. The third-order valence-corrected chi connectivity index (χ3v) is 3.30. The average molecular weight is 223 g/mol. The summed E-state index contributed by atoms with van der Waals surface area (Å²) in [7, 11) is 2.06. The summed E-state index contributed by atoms with van der Waals surface area (Å²) in [5.74, 6) is 0. The van der Waals surface area contributed by atoms with Gasteiger partial charge in [0.15, 0.2) is 0 Å². The summed E-state index contributed by atoms with van der Waals surface area (Å²) < 4.78 is 2.17. The Morgan fingerprint density at radius 3 is 2.80 bits per heavy atom. The largest absolute Gasteiger partial charge is 0.348 e. The summed E-state index contributed by atoms with van der Waals surface area (Å²) in [6, 6.07) is 6.01. The Morgan fingerprint density at radius 2 is 2.13 bits per heavy atom. The molecule has 0 radical (unpaired) electrons. The van der Waals surface area contributed by atoms with Gasteiger partial charge >= 0.3 is 0 Å². The molecule has 3 heteroatoms. The van der Waals surface area contributed by atoms with E-state index < -0.39 is 0 Å². The normalized spacial score (nSPS) is 11.2. The molecule has 0 bridgehead atoms. The van der Waals surface area contributed by atoms with Crippen LogP contribution in [0.1, 0.15) is 11.3 Å². The minimum Gasteiger partial charge on any atom is -0.348 e. The molecule has 0 amide bonds. The summed E-state index contributed by atoms with van der Waals surface area (Å²) in [5, 5.41) is 1.98. The van der Waals surface area contributed by atoms with Gasteiger partial charge in [-0.05, 0) is 37.6 Å². The van der Waals surface area contributed by atoms with E-state index in [0.29, 0.717) is 6.54 Å². The van der Waals surface area contributed by atoms with E-state index in [4.69, 9.17) is 17.3 Å². The Hall–Kier alpha value is -0.990. The highest BCUT2D eigenvalue weighted by Gasteiger charge is 2.13. The molecule has 1 heterocycles. The first kappa shape index (κ1) is 10.5. The molecular weight excluding hydrogens is 208 g/mol. The van der Waals surface area contributed by atoms with Crippen LogP contribution in [0.15, 0.2) is 18.2 Å². The Morgan fingerprint density at radius 1 is 1.40 bits per heavy atom. The minimum atomic E-state index is 0.658. The summed E-state index contributed by atoms with van der Waals surface area (Å²) in [5.41, 5.74) is 9.34. The molecule has 0 spiro atoms. The SMILES string of the molecule is Cc1c(CCN)c2c(Cl)cccc2n1C. The van der Waals surface area contributed by atoms with Crippen LogP contribution < -0.4 is 5.73 Å². The lowest BCUT2D eigenvalue weighted by molar-refractivity contribution is 0.882. The van der Waals surface area contributed by atoms with Crippen molar-refractivity contribution < 1.29 is 0 Å². The molecule has 0 aliphatic heterocycles. The maximum atomic E-state index is 6.23. The van der Waals surface area contributed by atoms with Crippen molar-refractivity contribution in [1.29, 1.82) is 0 Å². The van der Waals surface area contributed by atoms with Crippen LogP contribution >= 0.6 is 11.6 Å². The summed E-state index contributed by atoms with van der Waals surface area (Å²) in [6.07, 6.45) is 0.882. The molecule has 0 saturated heterocycles. The Labute approximate surface area is 94.6 Å². The van der Waals surface area contributed by atoms with Gasteiger partial charge in [0.05, 0.1) is 5.02 Å². The van der Waals surface area contributed by atoms with Gasteiger partial charge in [0, 0.05) is 23.6 Å². The third kappa shape index (κ3) is 1.54. The van der Waals surface area contributed by atoms with Crippen molar-refractivity contribution in [3.05, 3.63) is 34.5 Å². The molecular formula is C12H15ClN2. The van der Waals surface area contributed by atoms with Crippen LogP contribution in [0.2, 0.25) is 5.02 Å². The predicted octanol–water partition coefficient (Wildman–Crippen LogP) is 2.64. The maximum absolute atomic E-state index is 6.23. The van der Waals surface area contributed by atoms with Crippen molar-refractivity contribution in [1.82, 2.24) is 4.57 Å². The van der Waals surface area contributed by atoms with Gasteiger partial charge in [0.1, 0.15) is 0 Å². The van der Waals surface area contributed by atoms with Crippen LogP contribution in [0, 0.1) is 6.92 Å². The second kappa shape index (κ2) is 3.87. The zero-order valence-electron chi connectivity index (χ0n) is 9.05. The molecule has 0 unspecified atom stereocenters. The van der Waals surface area contributed by atoms with Crippen molar-refractivity contribution in [2.24, 2.45) is 12.8 Å². The van der Waals surface area contributed by atoms with Crippen LogP contribution in [0.3, 0.4) is 0 Å². The fourth-order valence-corrected chi connectivity index (χ4v) is 2.39. The highest BCUT2D eigenvalue weighted by Crippen LogP contribution is 2.31. The number of hydrogen-bond donors (Lipinski definition) is 1. The highest BCUT2D eigenvalue weighted by atomic mass is 35.5. The lowest BCUT2D eigenvalue weighted by atomic mass is 10.1. The zero-order valence-corrected chi connectivity index (χ0v) is 9.80. The molecule has 2 N–H and O–H groups in total. The standard InChI is InChI=1S/C12H15ClN2/c1-8-9(6-7-14)12-10(13)4-3-5-11(12)15(8)2/h3-5H,6-7,14H2,1-2H3. The number of fused-ring (bicyclic) bond motifs is 1. The topological polar surface area (TPSA) is 30.9 Å². The number of nitrogens with zero attached hydrogens (tertiary/aromatic N) is 1. The van der Waals surface area contributed by atoms with Gasteiger partial charge in [-0.1, -0.05) is 17.7 Å². The average Bonchev–Trinajstić information content (AvgIpc) is 2.46. The monoisotopic (exact) mass is 222 g/mol. The molecule has 0 aliphatic rings. The van der Waals surface area contributed by atoms with E-state index in [-0.39, 0.29) is 0 Å². The van der Waals surface area contributed by atoms with Crippen molar-refractivity contribution in [3.63, 3.8) is 0 Å². The van der Waals surface area contributed by atoms with Crippen LogP contribution in [0.25, 0.3) is 10.9 Å². The first-order valence-corrected chi connectivity index (χ1v) is 5.47. The molecule has 0 fully saturated rings. The molecule has 15 heavy (non-hydrogen) atoms. The maximum Gasteiger partial charge on any atom is 0.0502 e. The Kier molecular flexibility index (Phi) is 2.72. The molecule has 1 aromatic heterocycles. The Bertz CT molecular complexity index is 500. The first-order valence-electron chi connectivity index (χ1n) is 5.09. The van der Waals surface area contributed by atoms with Crippen molar-refractivity contribution in [3.8, 4) is 0 Å². The van der Waals surface area contributed by atoms with E-state index in [1.54, 1.807) is 0 Å². The van der Waals surface area contributed by atoms with Crippen LogP contribution in [0.4, 0.5) is 0 Å². The van der Waals surface area contributed by atoms with Gasteiger partial charge < -0.3 is 10.3 Å². The minimum absolute atomic E-state index is 0.658. The number of hydrogen-bond acceptors (Lipinski definition) is 1. The second-order valence-electron chi connectivity index (χ2n) is 3.80. The number of nitrogens with two attached hydrogens (primary N) is 1. The van der Waals surface area contributed by atoms with Crippen molar-refractivity contribution in [2.75, 3.05) is 6.54 Å². The smallest absolute Gasteiger partial charge is 0.0502 e. The molecule has 2 nitrogen and oxygen atoms in total. The second-order valence-corrected chi connectivity index (χ2v) is 4.20. The zero-order chi connectivity index (χ0) is 11.0. The van der Waals surface area contributed by atoms with Gasteiger partial charge in [-0.3, -0.25) is 0 Å². The number of benzene rings is 1. The van der Waals surface area contributed by atoms with Gasteiger partial charge in [-0.2, -0.15) is 0 Å². The fraction of sp³-hybridized carbons (Fsp3) is 0.333. The van der Waals surface area contributed by atoms with E-state index >= 15 is 0 Å². The quantitative estimate of drug-likeness (QED) is 0.832. The molecule has 2 rings (SSSR count). The molecule has 80 valence electrons. The summed E-state index contributed by atoms with van der Waals surface area (Å²) >= 11 is 6.23. The van der Waals surface area contributed by atoms with Crippen LogP contribution in [-0.4, -0.2) is 11.1 Å². The van der Waals surface area contributed by atoms with Gasteiger partial charge in [0.25, 0.3) is 0 Å². The number of halogens is 1. The van der Waals surface area contributed by atoms with E-state index in [1.807, 2.05) is 12.1 Å². The van der Waals surface area contributed by atoms with Gasteiger partial charge in [-0.15, -0.1) is 0 Å². The molecule has 0 saturated carbocycles. The van der Waals surface area contributed by atoms with Crippen molar-refractivity contribution >= 4 is 22.5 Å². The molecule has 0 atom stereocenters. The fourth-order valence-electron chi connectivity index (χ4n) is 2.11.